The third-order valence-electron chi connectivity index (χ3n) is 2.53. The third kappa shape index (κ3) is 2.46. The predicted octanol–water partition coefficient (Wildman–Crippen LogP) is 1.66. The highest BCUT2D eigenvalue weighted by atomic mass is 16.5. The van der Waals surface area contributed by atoms with Gasteiger partial charge in [-0.15, -0.1) is 0 Å². The summed E-state index contributed by atoms with van der Waals surface area (Å²) < 4.78 is 5.95. The van der Waals surface area contributed by atoms with Crippen LogP contribution in [0.4, 0.5) is 0 Å². The molecule has 2 atom stereocenters. The Morgan fingerprint density at radius 1 is 1.00 bits per heavy atom. The molecule has 0 saturated carbocycles. The van der Waals surface area contributed by atoms with Crippen LogP contribution in [0.5, 0.6) is 0 Å². The predicted molar refractivity (Wildman–Crippen MR) is 51.2 cm³/mol. The van der Waals surface area contributed by atoms with E-state index >= 15 is 0 Å². The molecule has 0 aromatic rings. The number of nitrogens with one attached hydrogen (secondary N) is 1. The minimum Gasteiger partial charge on any atom is -0.372 e. The van der Waals surface area contributed by atoms with Crippen molar-refractivity contribution >= 4 is 0 Å². The standard InChI is InChI=1S/C10H21NO/c1-7(2)9-5-11-6-10(12-9)8(3)4/h7-11H,5-6H2,1-4H3/t9-,10+. The van der Waals surface area contributed by atoms with E-state index in [9.17, 15) is 0 Å². The lowest BCUT2D eigenvalue weighted by Gasteiger charge is -2.35. The van der Waals surface area contributed by atoms with Crippen molar-refractivity contribution in [1.82, 2.24) is 5.32 Å². The van der Waals surface area contributed by atoms with Gasteiger partial charge in [0.25, 0.3) is 0 Å². The summed E-state index contributed by atoms with van der Waals surface area (Å²) in [6, 6.07) is 0. The molecule has 0 radical (unpaired) electrons. The average molecular weight is 171 g/mol. The van der Waals surface area contributed by atoms with Gasteiger partial charge in [-0.3, -0.25) is 0 Å². The van der Waals surface area contributed by atoms with Crippen molar-refractivity contribution in [3.63, 3.8) is 0 Å². The summed E-state index contributed by atoms with van der Waals surface area (Å²) in [5.74, 6) is 1.25. The molecule has 1 N–H and O–H groups in total. The smallest absolute Gasteiger partial charge is 0.0726 e. The first-order valence-corrected chi connectivity index (χ1v) is 4.97. The lowest BCUT2D eigenvalue weighted by molar-refractivity contribution is -0.0774. The van der Waals surface area contributed by atoms with Crippen molar-refractivity contribution in [1.29, 1.82) is 0 Å². The van der Waals surface area contributed by atoms with Crippen LogP contribution < -0.4 is 5.32 Å². The molecule has 1 aliphatic heterocycles. The zero-order chi connectivity index (χ0) is 9.14. The third-order valence-corrected chi connectivity index (χ3v) is 2.53. The Bertz CT molecular complexity index is 120. The minimum atomic E-state index is 0.408. The summed E-state index contributed by atoms with van der Waals surface area (Å²) in [6.07, 6.45) is 0.817. The number of hydrogen-bond acceptors (Lipinski definition) is 2. The SMILES string of the molecule is CC(C)[C@@H]1CNC[C@H](C(C)C)O1. The van der Waals surface area contributed by atoms with E-state index in [1.165, 1.54) is 0 Å². The van der Waals surface area contributed by atoms with Crippen LogP contribution in [0, 0.1) is 11.8 Å². The van der Waals surface area contributed by atoms with E-state index in [1.54, 1.807) is 0 Å². The lowest BCUT2D eigenvalue weighted by Crippen LogP contribution is -2.48. The largest absolute Gasteiger partial charge is 0.372 e. The highest BCUT2D eigenvalue weighted by molar-refractivity contribution is 4.77. The van der Waals surface area contributed by atoms with E-state index < -0.39 is 0 Å². The van der Waals surface area contributed by atoms with Crippen LogP contribution in [0.2, 0.25) is 0 Å². The van der Waals surface area contributed by atoms with E-state index in [0.717, 1.165) is 13.1 Å². The van der Waals surface area contributed by atoms with E-state index in [1.807, 2.05) is 0 Å². The zero-order valence-electron chi connectivity index (χ0n) is 8.63. The van der Waals surface area contributed by atoms with Crippen LogP contribution in [0.1, 0.15) is 27.7 Å². The molecule has 2 heteroatoms. The molecule has 1 fully saturated rings. The van der Waals surface area contributed by atoms with Gasteiger partial charge in [0.1, 0.15) is 0 Å². The summed E-state index contributed by atoms with van der Waals surface area (Å²) in [5.41, 5.74) is 0. The molecule has 1 rings (SSSR count). The maximum atomic E-state index is 5.95. The second kappa shape index (κ2) is 4.24. The summed E-state index contributed by atoms with van der Waals surface area (Å²) in [5, 5.41) is 3.42. The van der Waals surface area contributed by atoms with Gasteiger partial charge in [0.15, 0.2) is 0 Å². The van der Waals surface area contributed by atoms with Crippen LogP contribution in [0.25, 0.3) is 0 Å². The van der Waals surface area contributed by atoms with Crippen molar-refractivity contribution < 1.29 is 4.74 Å². The number of ether oxygens (including phenoxy) is 1. The Labute approximate surface area is 75.7 Å². The average Bonchev–Trinajstić information content (AvgIpc) is 2.04. The Balaban J connectivity index is 2.40. The van der Waals surface area contributed by atoms with Crippen LogP contribution in [-0.2, 0) is 4.74 Å². The summed E-state index contributed by atoms with van der Waals surface area (Å²) in [6.45, 7) is 10.9. The topological polar surface area (TPSA) is 21.3 Å². The Kier molecular flexibility index (Phi) is 3.53. The Morgan fingerprint density at radius 2 is 1.42 bits per heavy atom. The molecule has 2 nitrogen and oxygen atoms in total. The molecule has 0 aliphatic carbocycles. The molecular formula is C10H21NO. The highest BCUT2D eigenvalue weighted by Gasteiger charge is 2.25. The minimum absolute atomic E-state index is 0.408. The molecule has 72 valence electrons. The van der Waals surface area contributed by atoms with Crippen molar-refractivity contribution in [2.45, 2.75) is 39.9 Å². The Morgan fingerprint density at radius 3 is 1.75 bits per heavy atom. The van der Waals surface area contributed by atoms with Gasteiger partial charge in [0.05, 0.1) is 12.2 Å². The number of rotatable bonds is 2. The first kappa shape index (κ1) is 10.0. The van der Waals surface area contributed by atoms with Crippen LogP contribution >= 0.6 is 0 Å². The van der Waals surface area contributed by atoms with Gasteiger partial charge >= 0.3 is 0 Å². The molecular weight excluding hydrogens is 150 g/mol. The second-order valence-corrected chi connectivity index (χ2v) is 4.36. The number of hydrogen-bond donors (Lipinski definition) is 1. The summed E-state index contributed by atoms with van der Waals surface area (Å²) in [7, 11) is 0. The molecule has 1 heterocycles. The van der Waals surface area contributed by atoms with E-state index in [2.05, 4.69) is 33.0 Å². The maximum absolute atomic E-state index is 5.95. The molecule has 0 amide bonds. The van der Waals surface area contributed by atoms with Crippen LogP contribution in [-0.4, -0.2) is 25.3 Å². The van der Waals surface area contributed by atoms with Crippen LogP contribution in [0.15, 0.2) is 0 Å². The monoisotopic (exact) mass is 171 g/mol. The van der Waals surface area contributed by atoms with Gasteiger partial charge in [-0.2, -0.15) is 0 Å². The molecule has 0 spiro atoms. The highest BCUT2D eigenvalue weighted by Crippen LogP contribution is 2.16. The van der Waals surface area contributed by atoms with Crippen LogP contribution in [0.3, 0.4) is 0 Å². The van der Waals surface area contributed by atoms with Crippen molar-refractivity contribution in [2.75, 3.05) is 13.1 Å². The molecule has 0 bridgehead atoms. The fraction of sp³-hybridized carbons (Fsp3) is 1.00. The van der Waals surface area contributed by atoms with E-state index in [0.29, 0.717) is 24.0 Å². The molecule has 1 saturated heterocycles. The van der Waals surface area contributed by atoms with E-state index in [-0.39, 0.29) is 0 Å². The quantitative estimate of drug-likeness (QED) is 0.682. The first-order valence-electron chi connectivity index (χ1n) is 4.97. The normalized spacial score (nSPS) is 31.5. The molecule has 0 unspecified atom stereocenters. The first-order chi connectivity index (χ1) is 5.61. The van der Waals surface area contributed by atoms with Gasteiger partial charge in [0, 0.05) is 13.1 Å². The van der Waals surface area contributed by atoms with Crippen molar-refractivity contribution in [3.05, 3.63) is 0 Å². The molecule has 0 aromatic carbocycles. The van der Waals surface area contributed by atoms with Gasteiger partial charge in [-0.1, -0.05) is 27.7 Å². The maximum Gasteiger partial charge on any atom is 0.0726 e. The van der Waals surface area contributed by atoms with Gasteiger partial charge in [0.2, 0.25) is 0 Å². The van der Waals surface area contributed by atoms with Gasteiger partial charge in [-0.25, -0.2) is 0 Å². The zero-order valence-corrected chi connectivity index (χ0v) is 8.63. The van der Waals surface area contributed by atoms with Gasteiger partial charge < -0.3 is 10.1 Å². The number of morpholine rings is 1. The van der Waals surface area contributed by atoms with E-state index in [4.69, 9.17) is 4.74 Å². The van der Waals surface area contributed by atoms with Crippen molar-refractivity contribution in [3.8, 4) is 0 Å². The van der Waals surface area contributed by atoms with Gasteiger partial charge in [-0.05, 0) is 11.8 Å². The molecule has 0 aromatic heterocycles. The summed E-state index contributed by atoms with van der Waals surface area (Å²) >= 11 is 0. The second-order valence-electron chi connectivity index (χ2n) is 4.36. The fourth-order valence-electron chi connectivity index (χ4n) is 1.47. The Hall–Kier alpha value is -0.0800. The molecule has 1 aliphatic rings. The lowest BCUT2D eigenvalue weighted by atomic mass is 10.0. The van der Waals surface area contributed by atoms with Crippen molar-refractivity contribution in [2.24, 2.45) is 11.8 Å². The summed E-state index contributed by atoms with van der Waals surface area (Å²) in [4.78, 5) is 0. The fourth-order valence-corrected chi connectivity index (χ4v) is 1.47. The molecule has 12 heavy (non-hydrogen) atoms.